The minimum Gasteiger partial charge on any atom is -0.444 e. The van der Waals surface area contributed by atoms with Crippen molar-refractivity contribution in [2.24, 2.45) is 0 Å². The molecule has 0 N–H and O–H groups in total. The standard InChI is InChI=1S/C19H28N2O3S/c1-18(2,3)24-17(22)20-11-9-19(10-12-20)15-21(13-14-23-19)25-16-7-5-4-6-8-16/h4-8H,9-15H2,1-3H3. The summed E-state index contributed by atoms with van der Waals surface area (Å²) >= 11 is 1.80. The van der Waals surface area contributed by atoms with Crippen molar-refractivity contribution in [2.75, 3.05) is 32.8 Å². The van der Waals surface area contributed by atoms with Crippen LogP contribution in [0.2, 0.25) is 0 Å². The second kappa shape index (κ2) is 7.56. The van der Waals surface area contributed by atoms with Crippen LogP contribution in [0.25, 0.3) is 0 Å². The topological polar surface area (TPSA) is 42.0 Å². The molecule has 0 radical (unpaired) electrons. The lowest BCUT2D eigenvalue weighted by atomic mass is 9.90. The summed E-state index contributed by atoms with van der Waals surface area (Å²) in [6, 6.07) is 10.4. The first kappa shape index (κ1) is 18.5. The molecular weight excluding hydrogens is 336 g/mol. The lowest BCUT2D eigenvalue weighted by molar-refractivity contribution is -0.117. The Hall–Kier alpha value is -1.24. The first-order chi connectivity index (χ1) is 11.9. The monoisotopic (exact) mass is 364 g/mol. The number of amides is 1. The number of carbonyl (C=O) groups is 1. The lowest BCUT2D eigenvalue weighted by Gasteiger charge is -2.46. The van der Waals surface area contributed by atoms with E-state index in [0.717, 1.165) is 32.5 Å². The summed E-state index contributed by atoms with van der Waals surface area (Å²) in [5.74, 6) is 0. The van der Waals surface area contributed by atoms with Gasteiger partial charge in [0.1, 0.15) is 5.60 Å². The Kier molecular flexibility index (Phi) is 5.61. The van der Waals surface area contributed by atoms with Gasteiger partial charge in [-0.25, -0.2) is 9.10 Å². The van der Waals surface area contributed by atoms with Gasteiger partial charge in [0.05, 0.1) is 12.2 Å². The van der Waals surface area contributed by atoms with Gasteiger partial charge in [-0.15, -0.1) is 0 Å². The van der Waals surface area contributed by atoms with E-state index in [9.17, 15) is 4.79 Å². The van der Waals surface area contributed by atoms with Crippen molar-refractivity contribution in [3.05, 3.63) is 30.3 Å². The minimum absolute atomic E-state index is 0.140. The summed E-state index contributed by atoms with van der Waals surface area (Å²) < 4.78 is 14.0. The summed E-state index contributed by atoms with van der Waals surface area (Å²) in [5, 5.41) is 0. The van der Waals surface area contributed by atoms with E-state index in [2.05, 4.69) is 28.6 Å². The van der Waals surface area contributed by atoms with Crippen molar-refractivity contribution in [3.63, 3.8) is 0 Å². The Bertz CT molecular complexity index is 580. The van der Waals surface area contributed by atoms with Crippen molar-refractivity contribution >= 4 is 18.0 Å². The molecule has 1 spiro atoms. The smallest absolute Gasteiger partial charge is 0.410 e. The Morgan fingerprint density at radius 2 is 1.84 bits per heavy atom. The summed E-state index contributed by atoms with van der Waals surface area (Å²) in [6.07, 6.45) is 1.50. The maximum atomic E-state index is 12.2. The van der Waals surface area contributed by atoms with Crippen LogP contribution in [0.5, 0.6) is 0 Å². The molecule has 138 valence electrons. The van der Waals surface area contributed by atoms with Gasteiger partial charge < -0.3 is 14.4 Å². The van der Waals surface area contributed by atoms with Crippen LogP contribution in [0.1, 0.15) is 33.6 Å². The molecule has 3 rings (SSSR count). The highest BCUT2D eigenvalue weighted by atomic mass is 32.2. The molecule has 25 heavy (non-hydrogen) atoms. The summed E-state index contributed by atoms with van der Waals surface area (Å²) in [5.41, 5.74) is -0.588. The average Bonchev–Trinajstić information content (AvgIpc) is 2.55. The molecule has 1 amide bonds. The average molecular weight is 365 g/mol. The van der Waals surface area contributed by atoms with E-state index in [1.54, 1.807) is 11.9 Å². The molecule has 0 aliphatic carbocycles. The van der Waals surface area contributed by atoms with E-state index in [1.807, 2.05) is 31.7 Å². The molecule has 0 bridgehead atoms. The molecule has 6 heteroatoms. The van der Waals surface area contributed by atoms with E-state index in [-0.39, 0.29) is 11.7 Å². The fraction of sp³-hybridized carbons (Fsp3) is 0.632. The Morgan fingerprint density at radius 3 is 2.48 bits per heavy atom. The molecule has 2 heterocycles. The van der Waals surface area contributed by atoms with Gasteiger partial charge in [0.2, 0.25) is 0 Å². The van der Waals surface area contributed by atoms with E-state index in [1.165, 1.54) is 4.90 Å². The van der Waals surface area contributed by atoms with Gasteiger partial charge in [0, 0.05) is 31.1 Å². The second-order valence-corrected chi connectivity index (χ2v) is 8.94. The van der Waals surface area contributed by atoms with Crippen LogP contribution in [0.4, 0.5) is 4.79 Å². The molecule has 2 saturated heterocycles. The van der Waals surface area contributed by atoms with Crippen molar-refractivity contribution in [1.29, 1.82) is 0 Å². The third kappa shape index (κ3) is 5.12. The largest absolute Gasteiger partial charge is 0.444 e. The molecule has 0 unspecified atom stereocenters. The predicted octanol–water partition coefficient (Wildman–Crippen LogP) is 3.80. The van der Waals surface area contributed by atoms with Gasteiger partial charge in [-0.2, -0.15) is 0 Å². The van der Waals surface area contributed by atoms with Crippen LogP contribution >= 0.6 is 11.9 Å². The zero-order valence-electron chi connectivity index (χ0n) is 15.4. The number of nitrogens with zero attached hydrogens (tertiary/aromatic N) is 2. The number of morpholine rings is 1. The van der Waals surface area contributed by atoms with E-state index < -0.39 is 5.60 Å². The molecule has 1 aromatic rings. The van der Waals surface area contributed by atoms with Crippen LogP contribution in [0, 0.1) is 0 Å². The number of ether oxygens (including phenoxy) is 2. The van der Waals surface area contributed by atoms with Crippen LogP contribution < -0.4 is 0 Å². The van der Waals surface area contributed by atoms with Gasteiger partial charge >= 0.3 is 6.09 Å². The van der Waals surface area contributed by atoms with Gasteiger partial charge in [-0.1, -0.05) is 18.2 Å². The molecule has 1 aromatic carbocycles. The molecule has 5 nitrogen and oxygen atoms in total. The quantitative estimate of drug-likeness (QED) is 0.747. The zero-order valence-corrected chi connectivity index (χ0v) is 16.2. The number of piperidine rings is 1. The second-order valence-electron chi connectivity index (χ2n) is 7.77. The molecule has 2 aliphatic heterocycles. The molecule has 2 aliphatic rings. The highest BCUT2D eigenvalue weighted by Gasteiger charge is 2.41. The van der Waals surface area contributed by atoms with Gasteiger partial charge in [-0.05, 0) is 57.7 Å². The number of rotatable bonds is 2. The first-order valence-corrected chi connectivity index (χ1v) is 9.73. The maximum Gasteiger partial charge on any atom is 0.410 e. The summed E-state index contributed by atoms with van der Waals surface area (Å²) in [6.45, 7) is 9.66. The molecule has 0 aromatic heterocycles. The number of hydrogen-bond donors (Lipinski definition) is 0. The lowest BCUT2D eigenvalue weighted by Crippen LogP contribution is -2.56. The number of hydrogen-bond acceptors (Lipinski definition) is 5. The molecular formula is C19H28N2O3S. The van der Waals surface area contributed by atoms with Crippen LogP contribution in [0.3, 0.4) is 0 Å². The fourth-order valence-corrected chi connectivity index (χ4v) is 4.29. The Balaban J connectivity index is 1.54. The number of benzene rings is 1. The van der Waals surface area contributed by atoms with Gasteiger partial charge in [0.25, 0.3) is 0 Å². The van der Waals surface area contributed by atoms with E-state index >= 15 is 0 Å². The van der Waals surface area contributed by atoms with Gasteiger partial charge in [0.15, 0.2) is 0 Å². The third-order valence-electron chi connectivity index (χ3n) is 4.52. The highest BCUT2D eigenvalue weighted by molar-refractivity contribution is 7.97. The molecule has 0 atom stereocenters. The molecule has 2 fully saturated rings. The predicted molar refractivity (Wildman–Crippen MR) is 99.6 cm³/mol. The SMILES string of the molecule is CC(C)(C)OC(=O)N1CCC2(CC1)CN(Sc1ccccc1)CCO2. The fourth-order valence-electron chi connectivity index (χ4n) is 3.24. The summed E-state index contributed by atoms with van der Waals surface area (Å²) in [4.78, 5) is 15.3. The highest BCUT2D eigenvalue weighted by Crippen LogP contribution is 2.34. The van der Waals surface area contributed by atoms with E-state index in [4.69, 9.17) is 9.47 Å². The minimum atomic E-state index is -0.448. The normalized spacial score (nSPS) is 21.3. The number of carbonyl (C=O) groups excluding carboxylic acids is 1. The van der Waals surface area contributed by atoms with Crippen LogP contribution in [-0.4, -0.2) is 59.3 Å². The Labute approximate surface area is 154 Å². The van der Waals surface area contributed by atoms with Gasteiger partial charge in [-0.3, -0.25) is 0 Å². The maximum absolute atomic E-state index is 12.2. The molecule has 0 saturated carbocycles. The summed E-state index contributed by atoms with van der Waals surface area (Å²) in [7, 11) is 0. The Morgan fingerprint density at radius 1 is 1.16 bits per heavy atom. The van der Waals surface area contributed by atoms with Crippen molar-refractivity contribution in [2.45, 2.75) is 49.7 Å². The van der Waals surface area contributed by atoms with Crippen LogP contribution in [0.15, 0.2) is 35.2 Å². The van der Waals surface area contributed by atoms with Crippen molar-refractivity contribution in [3.8, 4) is 0 Å². The van der Waals surface area contributed by atoms with E-state index in [0.29, 0.717) is 13.1 Å². The first-order valence-electron chi connectivity index (χ1n) is 8.95. The third-order valence-corrected chi connectivity index (χ3v) is 5.57. The van der Waals surface area contributed by atoms with Crippen molar-refractivity contribution < 1.29 is 14.3 Å². The van der Waals surface area contributed by atoms with Crippen LogP contribution in [-0.2, 0) is 9.47 Å². The zero-order chi connectivity index (χ0) is 17.9. The number of likely N-dealkylation sites (tertiary alicyclic amines) is 1. The van der Waals surface area contributed by atoms with Crippen molar-refractivity contribution in [1.82, 2.24) is 9.21 Å².